The van der Waals surface area contributed by atoms with Crippen LogP contribution in [0.15, 0.2) is 34.7 Å². The zero-order valence-electron chi connectivity index (χ0n) is 8.57. The highest BCUT2D eigenvalue weighted by molar-refractivity contribution is 5.70. The highest BCUT2D eigenvalue weighted by Crippen LogP contribution is 2.24. The third-order valence-corrected chi connectivity index (χ3v) is 2.08. The number of aldehydes is 1. The first kappa shape index (κ1) is 10.4. The second-order valence-electron chi connectivity index (χ2n) is 3.29. The molecule has 2 rings (SSSR count). The fraction of sp³-hybridized carbons (Fsp3) is 0.0833. The molecule has 0 bridgehead atoms. The molecule has 1 heterocycles. The largest absolute Gasteiger partial charge is 0.426 e. The molecule has 0 saturated heterocycles. The summed E-state index contributed by atoms with van der Waals surface area (Å²) >= 11 is 0. The molecule has 0 aliphatic heterocycles. The van der Waals surface area contributed by atoms with E-state index in [1.165, 1.54) is 18.2 Å². The van der Waals surface area contributed by atoms with Crippen LogP contribution >= 0.6 is 0 Å². The van der Waals surface area contributed by atoms with Crippen LogP contribution in [0.3, 0.4) is 0 Å². The van der Waals surface area contributed by atoms with E-state index in [0.29, 0.717) is 17.6 Å². The number of aryl methyl sites for hydroxylation is 1. The van der Waals surface area contributed by atoms with Gasteiger partial charge in [0.15, 0.2) is 12.0 Å². The topological polar surface area (TPSA) is 39.4 Å². The fourth-order valence-corrected chi connectivity index (χ4v) is 1.21. The van der Waals surface area contributed by atoms with Crippen molar-refractivity contribution in [2.45, 2.75) is 6.92 Å². The summed E-state index contributed by atoms with van der Waals surface area (Å²) in [5.74, 6) is 0.308. The van der Waals surface area contributed by atoms with Crippen molar-refractivity contribution in [3.8, 4) is 11.7 Å². The lowest BCUT2D eigenvalue weighted by Crippen LogP contribution is -1.86. The van der Waals surface area contributed by atoms with E-state index in [9.17, 15) is 9.18 Å². The molecule has 1 aromatic carbocycles. The van der Waals surface area contributed by atoms with Gasteiger partial charge >= 0.3 is 0 Å². The smallest absolute Gasteiger partial charge is 0.290 e. The second kappa shape index (κ2) is 4.18. The highest BCUT2D eigenvalue weighted by atomic mass is 19.1. The minimum absolute atomic E-state index is 0.158. The predicted molar refractivity (Wildman–Crippen MR) is 55.3 cm³/mol. The molecule has 0 aliphatic rings. The van der Waals surface area contributed by atoms with Crippen molar-refractivity contribution in [3.63, 3.8) is 0 Å². The molecule has 1 aromatic heterocycles. The first-order valence-corrected chi connectivity index (χ1v) is 4.68. The summed E-state index contributed by atoms with van der Waals surface area (Å²) in [6, 6.07) is 7.47. The third-order valence-electron chi connectivity index (χ3n) is 2.08. The molecule has 82 valence electrons. The predicted octanol–water partition coefficient (Wildman–Crippen LogP) is 3.33. The van der Waals surface area contributed by atoms with Crippen LogP contribution < -0.4 is 4.74 Å². The van der Waals surface area contributed by atoms with E-state index in [-0.39, 0.29) is 17.5 Å². The maximum atomic E-state index is 13.2. The van der Waals surface area contributed by atoms with Gasteiger partial charge in [-0.3, -0.25) is 4.79 Å². The molecule has 4 heteroatoms. The van der Waals surface area contributed by atoms with Crippen LogP contribution in [0.5, 0.6) is 11.7 Å². The highest BCUT2D eigenvalue weighted by Gasteiger charge is 2.05. The van der Waals surface area contributed by atoms with Crippen molar-refractivity contribution in [1.82, 2.24) is 0 Å². The third kappa shape index (κ3) is 2.11. The number of carbonyl (C=O) groups is 1. The molecule has 2 aromatic rings. The van der Waals surface area contributed by atoms with Gasteiger partial charge in [0.05, 0.1) is 0 Å². The van der Waals surface area contributed by atoms with E-state index < -0.39 is 0 Å². The van der Waals surface area contributed by atoms with Crippen LogP contribution in [0.2, 0.25) is 0 Å². The van der Waals surface area contributed by atoms with Crippen molar-refractivity contribution in [2.24, 2.45) is 0 Å². The summed E-state index contributed by atoms with van der Waals surface area (Å²) in [7, 11) is 0. The summed E-state index contributed by atoms with van der Waals surface area (Å²) in [6.45, 7) is 1.66. The number of carbonyl (C=O) groups excluding carboxylic acids is 1. The lowest BCUT2D eigenvalue weighted by atomic mass is 10.2. The van der Waals surface area contributed by atoms with Crippen molar-refractivity contribution in [2.75, 3.05) is 0 Å². The Balaban J connectivity index is 2.20. The zero-order chi connectivity index (χ0) is 11.5. The molecule has 0 amide bonds. The summed E-state index contributed by atoms with van der Waals surface area (Å²) in [5.41, 5.74) is 0.542. The maximum absolute atomic E-state index is 13.2. The van der Waals surface area contributed by atoms with Gasteiger partial charge in [-0.25, -0.2) is 4.39 Å². The molecule has 0 N–H and O–H groups in total. The molecule has 0 atom stereocenters. The van der Waals surface area contributed by atoms with E-state index in [1.807, 2.05) is 0 Å². The van der Waals surface area contributed by atoms with Crippen molar-refractivity contribution in [3.05, 3.63) is 47.5 Å². The minimum atomic E-state index is -0.348. The Morgan fingerprint density at radius 3 is 2.75 bits per heavy atom. The Kier molecular flexibility index (Phi) is 2.72. The molecule has 3 nitrogen and oxygen atoms in total. The van der Waals surface area contributed by atoms with Crippen molar-refractivity contribution in [1.29, 1.82) is 0 Å². The van der Waals surface area contributed by atoms with Gasteiger partial charge in [0.2, 0.25) is 0 Å². The Labute approximate surface area is 91.5 Å². The van der Waals surface area contributed by atoms with Crippen LogP contribution in [0.25, 0.3) is 0 Å². The standard InChI is InChI=1S/C12H9FO3/c1-8-2-3-9(6-11(8)13)15-12-5-4-10(7-14)16-12/h2-7H,1H3. The summed E-state index contributed by atoms with van der Waals surface area (Å²) < 4.78 is 23.4. The van der Waals surface area contributed by atoms with E-state index in [0.717, 1.165) is 0 Å². The van der Waals surface area contributed by atoms with Gasteiger partial charge in [-0.2, -0.15) is 0 Å². The van der Waals surface area contributed by atoms with Crippen molar-refractivity contribution < 1.29 is 18.3 Å². The molecule has 0 saturated carbocycles. The molecular weight excluding hydrogens is 211 g/mol. The van der Waals surface area contributed by atoms with Crippen LogP contribution in [0, 0.1) is 12.7 Å². The first-order valence-electron chi connectivity index (χ1n) is 4.68. The van der Waals surface area contributed by atoms with Gasteiger partial charge < -0.3 is 9.15 Å². The van der Waals surface area contributed by atoms with Crippen LogP contribution in [0.1, 0.15) is 16.1 Å². The quantitative estimate of drug-likeness (QED) is 0.745. The summed E-state index contributed by atoms with van der Waals surface area (Å²) in [4.78, 5) is 10.4. The Bertz CT molecular complexity index is 517. The normalized spacial score (nSPS) is 10.1. The summed E-state index contributed by atoms with van der Waals surface area (Å²) in [5, 5.41) is 0. The van der Waals surface area contributed by atoms with Gasteiger partial charge in [-0.15, -0.1) is 0 Å². The van der Waals surface area contributed by atoms with Crippen LogP contribution in [-0.2, 0) is 0 Å². The van der Waals surface area contributed by atoms with Gasteiger partial charge in [0, 0.05) is 12.1 Å². The van der Waals surface area contributed by atoms with Gasteiger partial charge in [-0.05, 0) is 24.6 Å². The molecule has 0 fully saturated rings. The number of furan rings is 1. The minimum Gasteiger partial charge on any atom is -0.426 e. The average molecular weight is 220 g/mol. The summed E-state index contributed by atoms with van der Waals surface area (Å²) in [6.07, 6.45) is 0.572. The fourth-order valence-electron chi connectivity index (χ4n) is 1.21. The Hall–Kier alpha value is -2.10. The second-order valence-corrected chi connectivity index (χ2v) is 3.29. The number of hydrogen-bond acceptors (Lipinski definition) is 3. The SMILES string of the molecule is Cc1ccc(Oc2ccc(C=O)o2)cc1F. The van der Waals surface area contributed by atoms with Gasteiger partial charge in [0.25, 0.3) is 5.95 Å². The maximum Gasteiger partial charge on any atom is 0.290 e. The average Bonchev–Trinajstić information content (AvgIpc) is 2.71. The van der Waals surface area contributed by atoms with Gasteiger partial charge in [0.1, 0.15) is 11.6 Å². The Morgan fingerprint density at radius 1 is 1.31 bits per heavy atom. The zero-order valence-corrected chi connectivity index (χ0v) is 8.57. The van der Waals surface area contributed by atoms with E-state index >= 15 is 0 Å². The molecule has 16 heavy (non-hydrogen) atoms. The van der Waals surface area contributed by atoms with Crippen LogP contribution in [0.4, 0.5) is 4.39 Å². The number of rotatable bonds is 3. The Morgan fingerprint density at radius 2 is 2.12 bits per heavy atom. The lowest BCUT2D eigenvalue weighted by Gasteiger charge is -2.02. The van der Waals surface area contributed by atoms with Crippen molar-refractivity contribution >= 4 is 6.29 Å². The molecule has 0 aliphatic carbocycles. The number of ether oxygens (including phenoxy) is 1. The first-order chi connectivity index (χ1) is 7.69. The molecule has 0 unspecified atom stereocenters. The van der Waals surface area contributed by atoms with E-state index in [4.69, 9.17) is 9.15 Å². The monoisotopic (exact) mass is 220 g/mol. The number of benzene rings is 1. The lowest BCUT2D eigenvalue weighted by molar-refractivity contribution is 0.109. The van der Waals surface area contributed by atoms with Gasteiger partial charge in [-0.1, -0.05) is 6.07 Å². The number of hydrogen-bond donors (Lipinski definition) is 0. The van der Waals surface area contributed by atoms with Crippen LogP contribution in [-0.4, -0.2) is 6.29 Å². The van der Waals surface area contributed by atoms with E-state index in [1.54, 1.807) is 19.1 Å². The van der Waals surface area contributed by atoms with E-state index in [2.05, 4.69) is 0 Å². The molecule has 0 radical (unpaired) electrons. The number of halogens is 1. The molecular formula is C12H9FO3. The molecule has 0 spiro atoms.